The molecule has 2 aromatic heterocycles. The van der Waals surface area contributed by atoms with E-state index in [-0.39, 0.29) is 23.9 Å². The average Bonchev–Trinajstić information content (AvgIpc) is 2.91. The zero-order valence-electron chi connectivity index (χ0n) is 13.1. The minimum atomic E-state index is -0.790. The van der Waals surface area contributed by atoms with Crippen LogP contribution in [0.1, 0.15) is 16.2 Å². The van der Waals surface area contributed by atoms with Gasteiger partial charge in [0.2, 0.25) is 5.91 Å². The van der Waals surface area contributed by atoms with Crippen LogP contribution in [0.15, 0.2) is 12.3 Å². The minimum absolute atomic E-state index is 0.0334. The van der Waals surface area contributed by atoms with Gasteiger partial charge in [-0.25, -0.2) is 9.97 Å². The molecule has 0 aliphatic rings. The quantitative estimate of drug-likeness (QED) is 0.517. The SMILES string of the molecule is COCC(Nc1cnc(C(N)=O)c(Nc2cc(C)ns2)n1)C(N)=O. The summed E-state index contributed by atoms with van der Waals surface area (Å²) in [4.78, 5) is 31.1. The molecule has 2 heterocycles. The largest absolute Gasteiger partial charge is 0.382 e. The number of aromatic nitrogens is 3. The van der Waals surface area contributed by atoms with Crippen molar-refractivity contribution in [1.29, 1.82) is 0 Å². The summed E-state index contributed by atoms with van der Waals surface area (Å²) in [5.74, 6) is -0.951. The molecule has 2 rings (SSSR count). The van der Waals surface area contributed by atoms with E-state index in [0.717, 1.165) is 5.69 Å². The molecule has 1 unspecified atom stereocenters. The average molecular weight is 351 g/mol. The molecule has 11 heteroatoms. The third-order valence-electron chi connectivity index (χ3n) is 2.87. The van der Waals surface area contributed by atoms with Crippen LogP contribution in [-0.4, -0.2) is 45.9 Å². The van der Waals surface area contributed by atoms with Gasteiger partial charge < -0.3 is 26.8 Å². The highest BCUT2D eigenvalue weighted by molar-refractivity contribution is 7.10. The summed E-state index contributed by atoms with van der Waals surface area (Å²) in [5.41, 5.74) is 11.4. The highest BCUT2D eigenvalue weighted by atomic mass is 32.1. The van der Waals surface area contributed by atoms with Gasteiger partial charge in [-0.2, -0.15) is 4.37 Å². The second-order valence-electron chi connectivity index (χ2n) is 4.83. The summed E-state index contributed by atoms with van der Waals surface area (Å²) in [6, 6.07) is 0.996. The van der Waals surface area contributed by atoms with E-state index in [1.807, 2.05) is 6.92 Å². The molecule has 6 N–H and O–H groups in total. The summed E-state index contributed by atoms with van der Waals surface area (Å²) in [6.45, 7) is 1.90. The predicted molar refractivity (Wildman–Crippen MR) is 89.2 cm³/mol. The van der Waals surface area contributed by atoms with Gasteiger partial charge in [0.05, 0.1) is 18.5 Å². The Labute approximate surface area is 141 Å². The van der Waals surface area contributed by atoms with E-state index in [0.29, 0.717) is 5.00 Å². The predicted octanol–water partition coefficient (Wildman–Crippen LogP) is -0.00378. The van der Waals surface area contributed by atoms with Gasteiger partial charge in [-0.1, -0.05) is 0 Å². The van der Waals surface area contributed by atoms with Crippen LogP contribution >= 0.6 is 11.5 Å². The minimum Gasteiger partial charge on any atom is -0.382 e. The van der Waals surface area contributed by atoms with Crippen molar-refractivity contribution < 1.29 is 14.3 Å². The van der Waals surface area contributed by atoms with E-state index in [2.05, 4.69) is 25.0 Å². The normalized spacial score (nSPS) is 11.8. The summed E-state index contributed by atoms with van der Waals surface area (Å²) in [6.07, 6.45) is 1.29. The molecule has 0 radical (unpaired) electrons. The van der Waals surface area contributed by atoms with E-state index < -0.39 is 17.9 Å². The molecule has 10 nitrogen and oxygen atoms in total. The number of amides is 2. The Morgan fingerprint density at radius 1 is 1.42 bits per heavy atom. The number of nitrogens with two attached hydrogens (primary N) is 2. The third-order valence-corrected chi connectivity index (χ3v) is 3.67. The maximum Gasteiger partial charge on any atom is 0.271 e. The van der Waals surface area contributed by atoms with Crippen molar-refractivity contribution in [2.45, 2.75) is 13.0 Å². The lowest BCUT2D eigenvalue weighted by molar-refractivity contribution is -0.119. The summed E-state index contributed by atoms with van der Waals surface area (Å²) in [7, 11) is 1.44. The zero-order chi connectivity index (χ0) is 17.7. The number of ether oxygens (including phenoxy) is 1. The van der Waals surface area contributed by atoms with Crippen LogP contribution in [0.4, 0.5) is 16.6 Å². The van der Waals surface area contributed by atoms with Crippen molar-refractivity contribution in [3.05, 3.63) is 23.7 Å². The Hall–Kier alpha value is -2.79. The highest BCUT2D eigenvalue weighted by Gasteiger charge is 2.18. The number of primary amides is 2. The molecule has 0 aliphatic carbocycles. The molecule has 2 aromatic rings. The molecule has 0 fully saturated rings. The first-order valence-corrected chi connectivity index (χ1v) is 7.60. The van der Waals surface area contributed by atoms with Gasteiger partial charge in [0, 0.05) is 7.11 Å². The molecular weight excluding hydrogens is 334 g/mol. The smallest absolute Gasteiger partial charge is 0.271 e. The van der Waals surface area contributed by atoms with Crippen molar-refractivity contribution >= 4 is 40.0 Å². The fraction of sp³-hybridized carbons (Fsp3) is 0.308. The number of hydrogen-bond acceptors (Lipinski definition) is 9. The van der Waals surface area contributed by atoms with E-state index in [9.17, 15) is 9.59 Å². The van der Waals surface area contributed by atoms with E-state index in [1.165, 1.54) is 24.8 Å². The van der Waals surface area contributed by atoms with Gasteiger partial charge in [0.1, 0.15) is 16.9 Å². The summed E-state index contributed by atoms with van der Waals surface area (Å²) >= 11 is 1.20. The van der Waals surface area contributed by atoms with Crippen LogP contribution in [-0.2, 0) is 9.53 Å². The fourth-order valence-corrected chi connectivity index (χ4v) is 2.47. The van der Waals surface area contributed by atoms with Crippen molar-refractivity contribution in [2.24, 2.45) is 11.5 Å². The molecule has 1 atom stereocenters. The van der Waals surface area contributed by atoms with Crippen molar-refractivity contribution in [1.82, 2.24) is 14.3 Å². The van der Waals surface area contributed by atoms with Gasteiger partial charge in [-0.15, -0.1) is 0 Å². The van der Waals surface area contributed by atoms with Crippen molar-refractivity contribution in [3.63, 3.8) is 0 Å². The Kier molecular flexibility index (Phi) is 5.60. The number of hydrogen-bond donors (Lipinski definition) is 4. The number of carbonyl (C=O) groups excluding carboxylic acids is 2. The van der Waals surface area contributed by atoms with Gasteiger partial charge in [0.25, 0.3) is 5.91 Å². The molecule has 2 amide bonds. The number of aryl methyl sites for hydroxylation is 1. The van der Waals surface area contributed by atoms with Gasteiger partial charge >= 0.3 is 0 Å². The lowest BCUT2D eigenvalue weighted by Gasteiger charge is -2.16. The standard InChI is InChI=1S/C13H17N7O3S/c1-6-3-9(24-20-6)19-13-10(12(15)22)16-4-8(18-13)17-7(5-23-2)11(14)21/h3-4,7H,5H2,1-2H3,(H2,14,21)(H2,15,22)(H2,17,18,19). The molecule has 0 spiro atoms. The first-order chi connectivity index (χ1) is 11.4. The lowest BCUT2D eigenvalue weighted by atomic mass is 10.3. The van der Waals surface area contributed by atoms with Crippen LogP contribution in [0.2, 0.25) is 0 Å². The number of nitrogens with zero attached hydrogens (tertiary/aromatic N) is 3. The van der Waals surface area contributed by atoms with E-state index in [4.69, 9.17) is 16.2 Å². The molecular formula is C13H17N7O3S. The molecule has 0 saturated carbocycles. The molecule has 24 heavy (non-hydrogen) atoms. The Morgan fingerprint density at radius 3 is 2.71 bits per heavy atom. The fourth-order valence-electron chi connectivity index (χ4n) is 1.81. The molecule has 0 saturated heterocycles. The highest BCUT2D eigenvalue weighted by Crippen LogP contribution is 2.23. The van der Waals surface area contributed by atoms with Crippen molar-refractivity contribution in [2.75, 3.05) is 24.4 Å². The second kappa shape index (κ2) is 7.66. The molecule has 0 bridgehead atoms. The summed E-state index contributed by atoms with van der Waals surface area (Å²) < 4.78 is 9.05. The lowest BCUT2D eigenvalue weighted by Crippen LogP contribution is -2.39. The molecule has 0 aliphatic heterocycles. The van der Waals surface area contributed by atoms with E-state index >= 15 is 0 Å². The van der Waals surface area contributed by atoms with Gasteiger partial charge in [-0.3, -0.25) is 9.59 Å². The van der Waals surface area contributed by atoms with E-state index in [1.54, 1.807) is 6.07 Å². The maximum atomic E-state index is 11.5. The number of methoxy groups -OCH3 is 1. The van der Waals surface area contributed by atoms with Crippen molar-refractivity contribution in [3.8, 4) is 0 Å². The van der Waals surface area contributed by atoms with Gasteiger partial charge in [0.15, 0.2) is 11.5 Å². The number of anilines is 3. The van der Waals surface area contributed by atoms with Gasteiger partial charge in [-0.05, 0) is 24.5 Å². The summed E-state index contributed by atoms with van der Waals surface area (Å²) in [5, 5.41) is 6.41. The Morgan fingerprint density at radius 2 is 2.17 bits per heavy atom. The first-order valence-electron chi connectivity index (χ1n) is 6.82. The van der Waals surface area contributed by atoms with Crippen LogP contribution in [0.5, 0.6) is 0 Å². The first kappa shape index (κ1) is 17.6. The maximum absolute atomic E-state index is 11.5. The monoisotopic (exact) mass is 351 g/mol. The molecule has 0 aromatic carbocycles. The third kappa shape index (κ3) is 4.36. The Balaban J connectivity index is 2.29. The Bertz CT molecular complexity index is 749. The molecule has 128 valence electrons. The second-order valence-corrected chi connectivity index (χ2v) is 5.63. The number of rotatable bonds is 8. The van der Waals surface area contributed by atoms with Crippen LogP contribution in [0, 0.1) is 6.92 Å². The zero-order valence-corrected chi connectivity index (χ0v) is 13.9. The van der Waals surface area contributed by atoms with Crippen LogP contribution in [0.25, 0.3) is 0 Å². The number of nitrogens with one attached hydrogen (secondary N) is 2. The van der Waals surface area contributed by atoms with Crippen LogP contribution < -0.4 is 22.1 Å². The van der Waals surface area contributed by atoms with Crippen LogP contribution in [0.3, 0.4) is 0 Å². The topological polar surface area (TPSA) is 158 Å². The number of carbonyl (C=O) groups is 2.